The van der Waals surface area contributed by atoms with Gasteiger partial charge in [-0.15, -0.1) is 13.2 Å². The van der Waals surface area contributed by atoms with Crippen LogP contribution in [0, 0.1) is 6.92 Å². The highest BCUT2D eigenvalue weighted by molar-refractivity contribution is 6.30. The smallest absolute Gasteiger partial charge is 0.481 e. The molecule has 4 nitrogen and oxygen atoms in total. The number of halogens is 4. The Balaban J connectivity index is 1.96. The minimum Gasteiger partial charge on any atom is -0.481 e. The molecule has 0 unspecified atom stereocenters. The van der Waals surface area contributed by atoms with Gasteiger partial charge in [-0.25, -0.2) is 0 Å². The predicted molar refractivity (Wildman–Crippen MR) is 88.0 cm³/mol. The fraction of sp³-hybridized carbons (Fsp3) is 0.235. The van der Waals surface area contributed by atoms with Crippen molar-refractivity contribution in [2.24, 2.45) is 0 Å². The molecular formula is C17H15ClF3NO3. The SMILES string of the molecule is Cc1cc(Cl)ccc1O[C@H](C)C(=O)Nc1ccc(OC(F)(F)F)cc1. The van der Waals surface area contributed by atoms with Crippen molar-refractivity contribution in [3.8, 4) is 11.5 Å². The second-order valence-corrected chi connectivity index (χ2v) is 5.67. The molecule has 0 saturated heterocycles. The van der Waals surface area contributed by atoms with Crippen LogP contribution in [-0.4, -0.2) is 18.4 Å². The number of anilines is 1. The molecule has 134 valence electrons. The molecule has 2 rings (SSSR count). The molecule has 0 fully saturated rings. The summed E-state index contributed by atoms with van der Waals surface area (Å²) >= 11 is 5.86. The molecule has 0 bridgehead atoms. The molecule has 1 N–H and O–H groups in total. The fourth-order valence-corrected chi connectivity index (χ4v) is 2.20. The number of nitrogens with one attached hydrogen (secondary N) is 1. The van der Waals surface area contributed by atoms with Crippen molar-refractivity contribution in [2.45, 2.75) is 26.3 Å². The Morgan fingerprint density at radius 1 is 1.16 bits per heavy atom. The van der Waals surface area contributed by atoms with Crippen LogP contribution >= 0.6 is 11.6 Å². The standard InChI is InChI=1S/C17H15ClF3NO3/c1-10-9-12(18)3-8-15(10)24-11(2)16(23)22-13-4-6-14(7-5-13)25-17(19,20)21/h3-9,11H,1-2H3,(H,22,23)/t11-/m1/s1. The first-order chi connectivity index (χ1) is 11.6. The van der Waals surface area contributed by atoms with E-state index in [9.17, 15) is 18.0 Å². The highest BCUT2D eigenvalue weighted by atomic mass is 35.5. The van der Waals surface area contributed by atoms with Crippen LogP contribution in [-0.2, 0) is 4.79 Å². The molecular weight excluding hydrogens is 359 g/mol. The average molecular weight is 374 g/mol. The first-order valence-electron chi connectivity index (χ1n) is 7.23. The van der Waals surface area contributed by atoms with Crippen molar-refractivity contribution in [3.05, 3.63) is 53.1 Å². The molecule has 0 aromatic heterocycles. The van der Waals surface area contributed by atoms with Crippen LogP contribution in [0.25, 0.3) is 0 Å². The number of carbonyl (C=O) groups excluding carboxylic acids is 1. The Morgan fingerprint density at radius 3 is 2.36 bits per heavy atom. The van der Waals surface area contributed by atoms with E-state index in [1.165, 1.54) is 12.1 Å². The van der Waals surface area contributed by atoms with Crippen molar-refractivity contribution in [1.82, 2.24) is 0 Å². The molecule has 0 aliphatic rings. The van der Waals surface area contributed by atoms with E-state index in [2.05, 4.69) is 10.1 Å². The maximum absolute atomic E-state index is 12.1. The number of alkyl halides is 3. The third-order valence-corrected chi connectivity index (χ3v) is 3.40. The van der Waals surface area contributed by atoms with Crippen LogP contribution < -0.4 is 14.8 Å². The highest BCUT2D eigenvalue weighted by Gasteiger charge is 2.31. The van der Waals surface area contributed by atoms with E-state index in [1.807, 2.05) is 0 Å². The molecule has 25 heavy (non-hydrogen) atoms. The largest absolute Gasteiger partial charge is 0.573 e. The predicted octanol–water partition coefficient (Wildman–Crippen LogP) is 4.95. The normalized spacial score (nSPS) is 12.4. The van der Waals surface area contributed by atoms with Crippen molar-refractivity contribution in [1.29, 1.82) is 0 Å². The van der Waals surface area contributed by atoms with E-state index in [-0.39, 0.29) is 5.75 Å². The number of ether oxygens (including phenoxy) is 2. The van der Waals surface area contributed by atoms with Crippen LogP contribution in [0.1, 0.15) is 12.5 Å². The lowest BCUT2D eigenvalue weighted by Crippen LogP contribution is -2.30. The second-order valence-electron chi connectivity index (χ2n) is 5.23. The Labute approximate surface area is 147 Å². The average Bonchev–Trinajstić information content (AvgIpc) is 2.50. The zero-order valence-corrected chi connectivity index (χ0v) is 14.1. The van der Waals surface area contributed by atoms with Gasteiger partial charge in [0.25, 0.3) is 5.91 Å². The van der Waals surface area contributed by atoms with Gasteiger partial charge in [-0.05, 0) is 61.9 Å². The van der Waals surface area contributed by atoms with E-state index in [4.69, 9.17) is 16.3 Å². The van der Waals surface area contributed by atoms with Crippen molar-refractivity contribution >= 4 is 23.2 Å². The quantitative estimate of drug-likeness (QED) is 0.806. The second kappa shape index (κ2) is 7.65. The van der Waals surface area contributed by atoms with Gasteiger partial charge in [-0.1, -0.05) is 11.6 Å². The van der Waals surface area contributed by atoms with E-state index in [0.717, 1.165) is 17.7 Å². The summed E-state index contributed by atoms with van der Waals surface area (Å²) in [5.41, 5.74) is 1.10. The van der Waals surface area contributed by atoms with Gasteiger partial charge in [0.2, 0.25) is 0 Å². The maximum Gasteiger partial charge on any atom is 0.573 e. The van der Waals surface area contributed by atoms with E-state index in [0.29, 0.717) is 16.5 Å². The summed E-state index contributed by atoms with van der Waals surface area (Å²) in [4.78, 5) is 12.1. The van der Waals surface area contributed by atoms with Gasteiger partial charge in [0.15, 0.2) is 6.10 Å². The van der Waals surface area contributed by atoms with Gasteiger partial charge in [0.05, 0.1) is 0 Å². The summed E-state index contributed by atoms with van der Waals surface area (Å²) in [7, 11) is 0. The number of amides is 1. The molecule has 1 atom stereocenters. The van der Waals surface area contributed by atoms with Gasteiger partial charge >= 0.3 is 6.36 Å². The number of hydrogen-bond acceptors (Lipinski definition) is 3. The number of benzene rings is 2. The Morgan fingerprint density at radius 2 is 1.80 bits per heavy atom. The summed E-state index contributed by atoms with van der Waals surface area (Å²) in [6.45, 7) is 3.36. The van der Waals surface area contributed by atoms with Crippen LogP contribution in [0.15, 0.2) is 42.5 Å². The van der Waals surface area contributed by atoms with Crippen LogP contribution in [0.3, 0.4) is 0 Å². The molecule has 2 aromatic carbocycles. The molecule has 0 spiro atoms. The summed E-state index contributed by atoms with van der Waals surface area (Å²) < 4.78 is 45.7. The molecule has 0 saturated carbocycles. The van der Waals surface area contributed by atoms with Crippen LogP contribution in [0.4, 0.5) is 18.9 Å². The van der Waals surface area contributed by atoms with Crippen molar-refractivity contribution < 1.29 is 27.4 Å². The van der Waals surface area contributed by atoms with Crippen LogP contribution in [0.2, 0.25) is 5.02 Å². The van der Waals surface area contributed by atoms with Gasteiger partial charge in [-0.2, -0.15) is 0 Å². The summed E-state index contributed by atoms with van der Waals surface area (Å²) in [5, 5.41) is 3.11. The van der Waals surface area contributed by atoms with Gasteiger partial charge in [0, 0.05) is 10.7 Å². The van der Waals surface area contributed by atoms with Gasteiger partial charge in [-0.3, -0.25) is 4.79 Å². The molecule has 0 aliphatic heterocycles. The molecule has 1 amide bonds. The van der Waals surface area contributed by atoms with Crippen molar-refractivity contribution in [3.63, 3.8) is 0 Å². The number of carbonyl (C=O) groups is 1. The topological polar surface area (TPSA) is 47.6 Å². The zero-order valence-electron chi connectivity index (χ0n) is 13.4. The van der Waals surface area contributed by atoms with Gasteiger partial charge in [0.1, 0.15) is 11.5 Å². The first-order valence-corrected chi connectivity index (χ1v) is 7.61. The maximum atomic E-state index is 12.1. The lowest BCUT2D eigenvalue weighted by molar-refractivity contribution is -0.274. The molecule has 0 heterocycles. The Bertz CT molecular complexity index is 748. The summed E-state index contributed by atoms with van der Waals surface area (Å²) in [6, 6.07) is 9.84. The van der Waals surface area contributed by atoms with E-state index in [1.54, 1.807) is 32.0 Å². The molecule has 0 radical (unpaired) electrons. The van der Waals surface area contributed by atoms with Crippen molar-refractivity contribution in [2.75, 3.05) is 5.32 Å². The molecule has 2 aromatic rings. The summed E-state index contributed by atoms with van der Waals surface area (Å²) in [5.74, 6) is -0.300. The summed E-state index contributed by atoms with van der Waals surface area (Å²) in [6.07, 6.45) is -5.57. The fourth-order valence-electron chi connectivity index (χ4n) is 1.97. The lowest BCUT2D eigenvalue weighted by Gasteiger charge is -2.16. The van der Waals surface area contributed by atoms with E-state index >= 15 is 0 Å². The third kappa shape index (κ3) is 5.86. The molecule has 0 aliphatic carbocycles. The number of hydrogen-bond donors (Lipinski definition) is 1. The monoisotopic (exact) mass is 373 g/mol. The van der Waals surface area contributed by atoms with Gasteiger partial charge < -0.3 is 14.8 Å². The molecule has 8 heteroatoms. The Hall–Kier alpha value is -2.41. The lowest BCUT2D eigenvalue weighted by atomic mass is 10.2. The van der Waals surface area contributed by atoms with E-state index < -0.39 is 18.4 Å². The number of aryl methyl sites for hydroxylation is 1. The minimum atomic E-state index is -4.76. The highest BCUT2D eigenvalue weighted by Crippen LogP contribution is 2.25. The number of rotatable bonds is 5. The van der Waals surface area contributed by atoms with Crippen LogP contribution in [0.5, 0.6) is 11.5 Å². The Kier molecular flexibility index (Phi) is 5.79. The zero-order chi connectivity index (χ0) is 18.6. The first kappa shape index (κ1) is 18.9. The minimum absolute atomic E-state index is 0.322. The third-order valence-electron chi connectivity index (χ3n) is 3.17.